The van der Waals surface area contributed by atoms with E-state index in [1.54, 1.807) is 0 Å². The predicted octanol–water partition coefficient (Wildman–Crippen LogP) is 1.20. The van der Waals surface area contributed by atoms with E-state index in [1.807, 2.05) is 6.92 Å². The molecule has 1 saturated carbocycles. The Hall–Kier alpha value is -0.610. The molecule has 2 rings (SSSR count). The summed E-state index contributed by atoms with van der Waals surface area (Å²) in [7, 11) is 0. The fourth-order valence-electron chi connectivity index (χ4n) is 2.85. The summed E-state index contributed by atoms with van der Waals surface area (Å²) in [5, 5.41) is 7.47. The molecule has 1 heterocycles. The lowest BCUT2D eigenvalue weighted by Crippen LogP contribution is -2.54. The summed E-state index contributed by atoms with van der Waals surface area (Å²) in [6.45, 7) is 4.79. The Labute approximate surface area is 97.6 Å². The third kappa shape index (κ3) is 2.55. The van der Waals surface area contributed by atoms with Crippen molar-refractivity contribution in [2.75, 3.05) is 19.7 Å². The molecule has 3 unspecified atom stereocenters. The lowest BCUT2D eigenvalue weighted by atomic mass is 9.89. The van der Waals surface area contributed by atoms with E-state index in [-0.39, 0.29) is 5.92 Å². The first-order chi connectivity index (χ1) is 7.68. The van der Waals surface area contributed by atoms with Crippen LogP contribution in [-0.4, -0.2) is 42.6 Å². The highest BCUT2D eigenvalue weighted by Gasteiger charge is 2.34. The lowest BCUT2D eigenvalue weighted by molar-refractivity contribution is -0.0896. The number of nitrogens with two attached hydrogens (primary N) is 1. The summed E-state index contributed by atoms with van der Waals surface area (Å²) < 4.78 is 5.83. The van der Waals surface area contributed by atoms with Crippen LogP contribution in [-0.2, 0) is 4.74 Å². The predicted molar refractivity (Wildman–Crippen MR) is 64.6 cm³/mol. The highest BCUT2D eigenvalue weighted by atomic mass is 16.5. The van der Waals surface area contributed by atoms with E-state index >= 15 is 0 Å². The SMILES string of the molecule is CC(CN1CCOC2CCCCC21)C(=N)N. The Bertz CT molecular complexity index is 255. The van der Waals surface area contributed by atoms with Crippen molar-refractivity contribution in [2.45, 2.75) is 44.8 Å². The normalized spacial score (nSPS) is 33.1. The molecule has 16 heavy (non-hydrogen) atoms. The molecule has 0 radical (unpaired) electrons. The smallest absolute Gasteiger partial charge is 0.0947 e. The molecule has 2 fully saturated rings. The third-order valence-corrected chi connectivity index (χ3v) is 3.89. The summed E-state index contributed by atoms with van der Waals surface area (Å²) in [5.41, 5.74) is 5.55. The molecule has 1 saturated heterocycles. The fraction of sp³-hybridized carbons (Fsp3) is 0.917. The van der Waals surface area contributed by atoms with Crippen molar-refractivity contribution in [3.8, 4) is 0 Å². The number of rotatable bonds is 3. The molecule has 0 aromatic rings. The van der Waals surface area contributed by atoms with Crippen molar-refractivity contribution >= 4 is 5.84 Å². The van der Waals surface area contributed by atoms with Crippen molar-refractivity contribution in [2.24, 2.45) is 11.7 Å². The molecule has 0 amide bonds. The van der Waals surface area contributed by atoms with Gasteiger partial charge in [0.25, 0.3) is 0 Å². The van der Waals surface area contributed by atoms with Gasteiger partial charge in [-0.2, -0.15) is 0 Å². The van der Waals surface area contributed by atoms with Crippen molar-refractivity contribution < 1.29 is 4.74 Å². The van der Waals surface area contributed by atoms with Crippen molar-refractivity contribution in [3.63, 3.8) is 0 Å². The quantitative estimate of drug-likeness (QED) is 0.560. The van der Waals surface area contributed by atoms with E-state index in [1.165, 1.54) is 25.7 Å². The topological polar surface area (TPSA) is 62.3 Å². The van der Waals surface area contributed by atoms with E-state index in [0.717, 1.165) is 19.7 Å². The summed E-state index contributed by atoms with van der Waals surface area (Å²) >= 11 is 0. The second-order valence-corrected chi connectivity index (χ2v) is 5.11. The minimum absolute atomic E-state index is 0.167. The van der Waals surface area contributed by atoms with Crippen LogP contribution >= 0.6 is 0 Å². The van der Waals surface area contributed by atoms with Crippen molar-refractivity contribution in [3.05, 3.63) is 0 Å². The van der Waals surface area contributed by atoms with Crippen LogP contribution in [0.25, 0.3) is 0 Å². The highest BCUT2D eigenvalue weighted by Crippen LogP contribution is 2.28. The molecule has 3 atom stereocenters. The van der Waals surface area contributed by atoms with Gasteiger partial charge in [0.15, 0.2) is 0 Å². The van der Waals surface area contributed by atoms with Gasteiger partial charge in [-0.15, -0.1) is 0 Å². The maximum atomic E-state index is 7.47. The van der Waals surface area contributed by atoms with Gasteiger partial charge in [-0.25, -0.2) is 0 Å². The summed E-state index contributed by atoms with van der Waals surface area (Å²) in [4.78, 5) is 2.49. The monoisotopic (exact) mass is 225 g/mol. The zero-order valence-corrected chi connectivity index (χ0v) is 10.1. The second-order valence-electron chi connectivity index (χ2n) is 5.11. The van der Waals surface area contributed by atoms with Gasteiger partial charge in [0.1, 0.15) is 0 Å². The number of hydrogen-bond donors (Lipinski definition) is 2. The Morgan fingerprint density at radius 2 is 2.25 bits per heavy atom. The van der Waals surface area contributed by atoms with Gasteiger partial charge >= 0.3 is 0 Å². The maximum Gasteiger partial charge on any atom is 0.0947 e. The van der Waals surface area contributed by atoms with Gasteiger partial charge in [-0.1, -0.05) is 19.8 Å². The Morgan fingerprint density at radius 1 is 1.50 bits per heavy atom. The number of nitrogens with one attached hydrogen (secondary N) is 1. The van der Waals surface area contributed by atoms with Crippen LogP contribution in [0.5, 0.6) is 0 Å². The number of ether oxygens (including phenoxy) is 1. The maximum absolute atomic E-state index is 7.47. The second kappa shape index (κ2) is 5.15. The van der Waals surface area contributed by atoms with Gasteiger partial charge in [0.05, 0.1) is 18.5 Å². The van der Waals surface area contributed by atoms with Gasteiger partial charge in [-0.3, -0.25) is 10.3 Å². The minimum atomic E-state index is 0.167. The number of amidine groups is 1. The van der Waals surface area contributed by atoms with Crippen LogP contribution in [0.3, 0.4) is 0 Å². The lowest BCUT2D eigenvalue weighted by Gasteiger charge is -2.44. The van der Waals surface area contributed by atoms with Gasteiger partial charge in [0.2, 0.25) is 0 Å². The molecule has 0 aromatic heterocycles. The fourth-order valence-corrected chi connectivity index (χ4v) is 2.85. The number of fused-ring (bicyclic) bond motifs is 1. The average molecular weight is 225 g/mol. The minimum Gasteiger partial charge on any atom is -0.387 e. The number of morpholine rings is 1. The van der Waals surface area contributed by atoms with Crippen LogP contribution in [0.4, 0.5) is 0 Å². The molecule has 0 bridgehead atoms. The first-order valence-corrected chi connectivity index (χ1v) is 6.38. The Balaban J connectivity index is 1.94. The molecule has 1 aliphatic heterocycles. The van der Waals surface area contributed by atoms with Crippen LogP contribution in [0, 0.1) is 11.3 Å². The van der Waals surface area contributed by atoms with Crippen LogP contribution < -0.4 is 5.73 Å². The van der Waals surface area contributed by atoms with E-state index in [4.69, 9.17) is 15.9 Å². The standard InChI is InChI=1S/C12H23N3O/c1-9(12(13)14)8-15-6-7-16-11-5-3-2-4-10(11)15/h9-11H,2-8H2,1H3,(H3,13,14). The molecule has 1 aliphatic carbocycles. The van der Waals surface area contributed by atoms with Crippen molar-refractivity contribution in [1.29, 1.82) is 5.41 Å². The third-order valence-electron chi connectivity index (χ3n) is 3.89. The summed E-state index contributed by atoms with van der Waals surface area (Å²) in [6.07, 6.45) is 5.50. The number of nitrogens with zero attached hydrogens (tertiary/aromatic N) is 1. The Morgan fingerprint density at radius 3 is 3.00 bits per heavy atom. The Kier molecular flexibility index (Phi) is 3.82. The molecule has 4 nitrogen and oxygen atoms in total. The zero-order chi connectivity index (χ0) is 11.5. The van der Waals surface area contributed by atoms with E-state index in [2.05, 4.69) is 4.90 Å². The number of hydrogen-bond acceptors (Lipinski definition) is 3. The molecule has 92 valence electrons. The largest absolute Gasteiger partial charge is 0.387 e. The van der Waals surface area contributed by atoms with Gasteiger partial charge in [0, 0.05) is 25.0 Å². The van der Waals surface area contributed by atoms with Gasteiger partial charge in [-0.05, 0) is 12.8 Å². The van der Waals surface area contributed by atoms with Crippen molar-refractivity contribution in [1.82, 2.24) is 4.90 Å². The van der Waals surface area contributed by atoms with Crippen LogP contribution in [0.15, 0.2) is 0 Å². The van der Waals surface area contributed by atoms with E-state index in [9.17, 15) is 0 Å². The van der Waals surface area contributed by atoms with Crippen LogP contribution in [0.2, 0.25) is 0 Å². The molecule has 4 heteroatoms. The average Bonchev–Trinajstić information content (AvgIpc) is 2.29. The first-order valence-electron chi connectivity index (χ1n) is 6.38. The summed E-state index contributed by atoms with van der Waals surface area (Å²) in [6, 6.07) is 0.573. The molecule has 3 N–H and O–H groups in total. The van der Waals surface area contributed by atoms with Crippen LogP contribution in [0.1, 0.15) is 32.6 Å². The first kappa shape index (κ1) is 11.9. The van der Waals surface area contributed by atoms with E-state index in [0.29, 0.717) is 18.0 Å². The zero-order valence-electron chi connectivity index (χ0n) is 10.1. The molecule has 2 aliphatic rings. The highest BCUT2D eigenvalue weighted by molar-refractivity contribution is 5.79. The molecular weight excluding hydrogens is 202 g/mol. The molecule has 0 aromatic carbocycles. The molecule has 0 spiro atoms. The summed E-state index contributed by atoms with van der Waals surface area (Å²) in [5.74, 6) is 0.472. The van der Waals surface area contributed by atoms with Gasteiger partial charge < -0.3 is 10.5 Å². The van der Waals surface area contributed by atoms with E-state index < -0.39 is 0 Å². The molecular formula is C12H23N3O.